The highest BCUT2D eigenvalue weighted by Gasteiger charge is 2.32. The summed E-state index contributed by atoms with van der Waals surface area (Å²) < 4.78 is 1.09. The number of carbonyl (C=O) groups is 1. The summed E-state index contributed by atoms with van der Waals surface area (Å²) in [6, 6.07) is 11.3. The first-order chi connectivity index (χ1) is 16.6. The smallest absolute Gasteiger partial charge is 0.270 e. The molecule has 1 aromatic heterocycles. The molecule has 0 radical (unpaired) electrons. The predicted molar refractivity (Wildman–Crippen MR) is 145 cm³/mol. The van der Waals surface area contributed by atoms with Crippen molar-refractivity contribution in [2.75, 3.05) is 0 Å². The lowest BCUT2D eigenvalue weighted by atomic mass is 10.0. The highest BCUT2D eigenvalue weighted by molar-refractivity contribution is 9.11. The van der Waals surface area contributed by atoms with Crippen LogP contribution in [0.25, 0.3) is 16.5 Å². The number of carbonyl (C=O) groups excluding carboxylic acids is 1. The van der Waals surface area contributed by atoms with E-state index in [0.29, 0.717) is 22.3 Å². The Labute approximate surface area is 216 Å². The summed E-state index contributed by atoms with van der Waals surface area (Å²) in [5, 5.41) is 9.49. The van der Waals surface area contributed by atoms with E-state index < -0.39 is 0 Å². The van der Waals surface area contributed by atoms with E-state index in [1.807, 2.05) is 30.3 Å². The molecule has 0 spiro atoms. The molecule has 0 unspecified atom stereocenters. The molecule has 1 aromatic carbocycles. The molecule has 0 saturated heterocycles. The third-order valence-corrected chi connectivity index (χ3v) is 8.18. The molecule has 1 heterocycles. The van der Waals surface area contributed by atoms with Gasteiger partial charge in [-0.15, -0.1) is 11.3 Å². The maximum Gasteiger partial charge on any atom is 0.270 e. The number of nitrogens with zero attached hydrogens (tertiary/aromatic N) is 2. The molecule has 0 bridgehead atoms. The van der Waals surface area contributed by atoms with Gasteiger partial charge in [0, 0.05) is 21.6 Å². The van der Waals surface area contributed by atoms with Gasteiger partial charge in [-0.3, -0.25) is 4.79 Å². The summed E-state index contributed by atoms with van der Waals surface area (Å²) in [5.74, 6) is -0.122. The van der Waals surface area contributed by atoms with Gasteiger partial charge in [0.1, 0.15) is 0 Å². The fourth-order valence-corrected chi connectivity index (χ4v) is 6.20. The zero-order chi connectivity index (χ0) is 24.3. The molecule has 1 aliphatic carbocycles. The second kappa shape index (κ2) is 13.4. The highest BCUT2D eigenvalue weighted by Crippen LogP contribution is 2.41. The topological polar surface area (TPSA) is 45.2 Å². The summed E-state index contributed by atoms with van der Waals surface area (Å²) in [6.07, 6.45) is 16.0. The van der Waals surface area contributed by atoms with Crippen LogP contribution < -0.4 is 0 Å². The van der Waals surface area contributed by atoms with Crippen molar-refractivity contribution in [2.24, 2.45) is 0 Å². The monoisotopic (exact) mass is 534 g/mol. The van der Waals surface area contributed by atoms with Crippen molar-refractivity contribution in [3.63, 3.8) is 0 Å². The van der Waals surface area contributed by atoms with Crippen LogP contribution in [0.15, 0.2) is 45.4 Å². The number of hydrogen-bond acceptors (Lipinski definition) is 3. The van der Waals surface area contributed by atoms with Crippen LogP contribution in [0.4, 0.5) is 0 Å². The normalized spacial score (nSPS) is 15.3. The first kappa shape index (κ1) is 26.1. The SMILES string of the molecule is [C-]#[N+]/C(C#N)=C1/C(=C/c2cc(CCCCCCCCCCCC)c(Br)s2)C(=O)c2ccccc21. The van der Waals surface area contributed by atoms with Crippen molar-refractivity contribution in [2.45, 2.75) is 77.6 Å². The first-order valence-electron chi connectivity index (χ1n) is 12.3. The van der Waals surface area contributed by atoms with Crippen LogP contribution in [-0.4, -0.2) is 5.78 Å². The number of unbranched alkanes of at least 4 members (excludes halogenated alkanes) is 9. The largest absolute Gasteiger partial charge is 0.289 e. The maximum absolute atomic E-state index is 13.1. The standard InChI is InChI=1S/C29H31BrN2OS/c1-3-4-5-6-7-8-9-10-11-12-15-21-18-22(34-29(21)30)19-25-27(26(20-31)32-2)23-16-13-14-17-24(23)28(25)33/h13-14,16-19H,3-12,15H2,1H3/b25-19-,27-26+. The number of ketones is 1. The van der Waals surface area contributed by atoms with E-state index >= 15 is 0 Å². The third kappa shape index (κ3) is 6.56. The minimum absolute atomic E-state index is 0.0363. The predicted octanol–water partition coefficient (Wildman–Crippen LogP) is 9.41. The Morgan fingerprint density at radius 1 is 1.06 bits per heavy atom. The van der Waals surface area contributed by atoms with Gasteiger partial charge >= 0.3 is 0 Å². The van der Waals surface area contributed by atoms with Gasteiger partial charge in [0.15, 0.2) is 5.78 Å². The fourth-order valence-electron chi connectivity index (χ4n) is 4.45. The van der Waals surface area contributed by atoms with Crippen molar-refractivity contribution in [3.8, 4) is 6.07 Å². The van der Waals surface area contributed by atoms with Crippen molar-refractivity contribution >= 4 is 44.7 Å². The zero-order valence-corrected chi connectivity index (χ0v) is 22.2. The number of thiophene rings is 1. The summed E-state index contributed by atoms with van der Waals surface area (Å²) in [6.45, 7) is 9.67. The first-order valence-corrected chi connectivity index (χ1v) is 13.9. The molecular weight excluding hydrogens is 504 g/mol. The summed E-state index contributed by atoms with van der Waals surface area (Å²) in [4.78, 5) is 17.4. The number of rotatable bonds is 12. The Bertz CT molecular complexity index is 1140. The summed E-state index contributed by atoms with van der Waals surface area (Å²) in [7, 11) is 0. The number of allylic oxidation sites excluding steroid dienone is 3. The highest BCUT2D eigenvalue weighted by atomic mass is 79.9. The minimum Gasteiger partial charge on any atom is -0.289 e. The number of aryl methyl sites for hydroxylation is 1. The van der Waals surface area contributed by atoms with E-state index in [2.05, 4.69) is 33.8 Å². The second-order valence-corrected chi connectivity index (χ2v) is 11.2. The van der Waals surface area contributed by atoms with Gasteiger partial charge < -0.3 is 0 Å². The van der Waals surface area contributed by atoms with Gasteiger partial charge in [0.05, 0.1) is 16.4 Å². The Kier molecular flexibility index (Phi) is 10.3. The average molecular weight is 536 g/mol. The molecule has 5 heteroatoms. The lowest BCUT2D eigenvalue weighted by Crippen LogP contribution is -1.95. The lowest BCUT2D eigenvalue weighted by Gasteiger charge is -2.02. The molecule has 3 nitrogen and oxygen atoms in total. The van der Waals surface area contributed by atoms with E-state index in [-0.39, 0.29) is 11.5 Å². The Balaban J connectivity index is 1.62. The minimum atomic E-state index is -0.122. The van der Waals surface area contributed by atoms with Gasteiger partial charge in [-0.05, 0) is 52.0 Å². The molecule has 176 valence electrons. The van der Waals surface area contributed by atoms with Gasteiger partial charge in [-0.25, -0.2) is 10.1 Å². The maximum atomic E-state index is 13.1. The van der Waals surface area contributed by atoms with Gasteiger partial charge in [0.25, 0.3) is 5.70 Å². The van der Waals surface area contributed by atoms with E-state index in [0.717, 1.165) is 21.5 Å². The van der Waals surface area contributed by atoms with E-state index in [4.69, 9.17) is 6.57 Å². The Morgan fingerprint density at radius 3 is 2.29 bits per heavy atom. The Hall–Kier alpha value is -2.47. The Morgan fingerprint density at radius 2 is 1.68 bits per heavy atom. The van der Waals surface area contributed by atoms with Gasteiger partial charge in [-0.1, -0.05) is 89.0 Å². The molecule has 0 fully saturated rings. The second-order valence-electron chi connectivity index (χ2n) is 8.76. The third-order valence-electron chi connectivity index (χ3n) is 6.27. The molecule has 34 heavy (non-hydrogen) atoms. The molecule has 0 atom stereocenters. The van der Waals surface area contributed by atoms with E-state index in [9.17, 15) is 10.1 Å². The molecule has 2 aromatic rings. The number of benzene rings is 1. The van der Waals surface area contributed by atoms with Crippen LogP contribution >= 0.6 is 27.3 Å². The quantitative estimate of drug-likeness (QED) is 0.118. The number of Topliss-reactive ketones (excluding diaryl/α,β-unsaturated/α-hetero) is 1. The van der Waals surface area contributed by atoms with E-state index in [1.54, 1.807) is 17.4 Å². The number of hydrogen-bond donors (Lipinski definition) is 0. The van der Waals surface area contributed by atoms with Crippen molar-refractivity contribution in [3.05, 3.63) is 78.4 Å². The fraction of sp³-hybridized carbons (Fsp3) is 0.414. The van der Waals surface area contributed by atoms with Crippen molar-refractivity contribution in [1.82, 2.24) is 0 Å². The molecular formula is C29H31BrN2OS. The van der Waals surface area contributed by atoms with Crippen LogP contribution in [0.2, 0.25) is 0 Å². The zero-order valence-electron chi connectivity index (χ0n) is 19.8. The van der Waals surface area contributed by atoms with Crippen LogP contribution in [0.1, 0.15) is 97.5 Å². The molecule has 0 N–H and O–H groups in total. The van der Waals surface area contributed by atoms with Crippen LogP contribution in [0.5, 0.6) is 0 Å². The van der Waals surface area contributed by atoms with Crippen LogP contribution in [0, 0.1) is 17.9 Å². The molecule has 1 aliphatic rings. The van der Waals surface area contributed by atoms with Crippen LogP contribution in [0.3, 0.4) is 0 Å². The number of halogens is 1. The number of nitriles is 1. The lowest BCUT2D eigenvalue weighted by molar-refractivity contribution is 0.104. The van der Waals surface area contributed by atoms with Crippen molar-refractivity contribution in [1.29, 1.82) is 5.26 Å². The van der Waals surface area contributed by atoms with Gasteiger partial charge in [0.2, 0.25) is 0 Å². The molecule has 0 amide bonds. The summed E-state index contributed by atoms with van der Waals surface area (Å²) >= 11 is 5.29. The van der Waals surface area contributed by atoms with Crippen molar-refractivity contribution < 1.29 is 4.79 Å². The summed E-state index contributed by atoms with van der Waals surface area (Å²) in [5.41, 5.74) is 3.35. The van der Waals surface area contributed by atoms with E-state index in [1.165, 1.54) is 63.4 Å². The number of fused-ring (bicyclic) bond motifs is 1. The molecule has 3 rings (SSSR count). The molecule has 0 saturated carbocycles. The van der Waals surface area contributed by atoms with Crippen LogP contribution in [-0.2, 0) is 6.42 Å². The van der Waals surface area contributed by atoms with Gasteiger partial charge in [-0.2, -0.15) is 0 Å². The average Bonchev–Trinajstić information content (AvgIpc) is 3.33. The molecule has 0 aliphatic heterocycles.